The summed E-state index contributed by atoms with van der Waals surface area (Å²) in [4.78, 5) is 15.2. The van der Waals surface area contributed by atoms with Crippen molar-refractivity contribution >= 4 is 5.82 Å². The Bertz CT molecular complexity index is 573. The van der Waals surface area contributed by atoms with Crippen LogP contribution >= 0.6 is 0 Å². The number of aliphatic hydroxyl groups is 1. The minimum atomic E-state index is -0.253. The molecule has 0 amide bonds. The first-order chi connectivity index (χ1) is 9.22. The Morgan fingerprint density at radius 2 is 2.26 bits per heavy atom. The molecular formula is C14H16N4O. The second kappa shape index (κ2) is 4.93. The molecule has 5 nitrogen and oxygen atoms in total. The molecule has 2 aromatic rings. The van der Waals surface area contributed by atoms with Gasteiger partial charge >= 0.3 is 0 Å². The zero-order valence-electron chi connectivity index (χ0n) is 10.8. The molecule has 0 radical (unpaired) electrons. The third-order valence-electron chi connectivity index (χ3n) is 3.25. The SMILES string of the molecule is Cc1cc(N2CC[C@@H](O)C2)nc(-c2cccnc2)n1. The number of hydrogen-bond acceptors (Lipinski definition) is 5. The summed E-state index contributed by atoms with van der Waals surface area (Å²) in [6.07, 6.45) is 4.04. The zero-order valence-corrected chi connectivity index (χ0v) is 10.8. The van der Waals surface area contributed by atoms with E-state index >= 15 is 0 Å². The number of rotatable bonds is 2. The van der Waals surface area contributed by atoms with Crippen molar-refractivity contribution in [3.8, 4) is 11.4 Å². The number of aryl methyl sites for hydroxylation is 1. The first-order valence-corrected chi connectivity index (χ1v) is 6.41. The van der Waals surface area contributed by atoms with Crippen molar-refractivity contribution in [3.63, 3.8) is 0 Å². The van der Waals surface area contributed by atoms with E-state index in [4.69, 9.17) is 0 Å². The average Bonchev–Trinajstić information content (AvgIpc) is 2.86. The van der Waals surface area contributed by atoms with Gasteiger partial charge in [0.2, 0.25) is 0 Å². The van der Waals surface area contributed by atoms with Crippen LogP contribution in [-0.2, 0) is 0 Å². The number of nitrogens with zero attached hydrogens (tertiary/aromatic N) is 4. The maximum Gasteiger partial charge on any atom is 0.163 e. The van der Waals surface area contributed by atoms with Gasteiger partial charge < -0.3 is 10.0 Å². The van der Waals surface area contributed by atoms with Crippen molar-refractivity contribution < 1.29 is 5.11 Å². The molecule has 2 aromatic heterocycles. The van der Waals surface area contributed by atoms with Gasteiger partial charge in [-0.25, -0.2) is 9.97 Å². The summed E-state index contributed by atoms with van der Waals surface area (Å²) in [6, 6.07) is 5.78. The van der Waals surface area contributed by atoms with Crippen molar-refractivity contribution in [2.24, 2.45) is 0 Å². The molecule has 3 rings (SSSR count). The molecule has 19 heavy (non-hydrogen) atoms. The Balaban J connectivity index is 1.97. The minimum absolute atomic E-state index is 0.253. The monoisotopic (exact) mass is 256 g/mol. The molecule has 0 unspecified atom stereocenters. The predicted molar refractivity (Wildman–Crippen MR) is 72.8 cm³/mol. The van der Waals surface area contributed by atoms with Crippen LogP contribution in [0.25, 0.3) is 11.4 Å². The highest BCUT2D eigenvalue weighted by Crippen LogP contribution is 2.22. The summed E-state index contributed by atoms with van der Waals surface area (Å²) in [7, 11) is 0. The van der Waals surface area contributed by atoms with Crippen LogP contribution in [0.4, 0.5) is 5.82 Å². The third-order valence-corrected chi connectivity index (χ3v) is 3.25. The summed E-state index contributed by atoms with van der Waals surface area (Å²) < 4.78 is 0. The first-order valence-electron chi connectivity index (χ1n) is 6.41. The summed E-state index contributed by atoms with van der Waals surface area (Å²) in [6.45, 7) is 3.44. The van der Waals surface area contributed by atoms with E-state index in [0.29, 0.717) is 12.4 Å². The Morgan fingerprint density at radius 1 is 1.37 bits per heavy atom. The number of anilines is 1. The van der Waals surface area contributed by atoms with Crippen molar-refractivity contribution in [1.82, 2.24) is 15.0 Å². The van der Waals surface area contributed by atoms with Crippen LogP contribution < -0.4 is 4.90 Å². The molecule has 98 valence electrons. The van der Waals surface area contributed by atoms with Crippen LogP contribution in [0.2, 0.25) is 0 Å². The highest BCUT2D eigenvalue weighted by Gasteiger charge is 2.22. The molecular weight excluding hydrogens is 240 g/mol. The third kappa shape index (κ3) is 2.56. The second-order valence-electron chi connectivity index (χ2n) is 4.82. The Kier molecular flexibility index (Phi) is 3.13. The van der Waals surface area contributed by atoms with Crippen LogP contribution in [0.3, 0.4) is 0 Å². The number of aliphatic hydroxyl groups excluding tert-OH is 1. The summed E-state index contributed by atoms with van der Waals surface area (Å²) in [5.74, 6) is 1.56. The van der Waals surface area contributed by atoms with Crippen molar-refractivity contribution in [1.29, 1.82) is 0 Å². The number of aromatic nitrogens is 3. The van der Waals surface area contributed by atoms with Gasteiger partial charge in [0, 0.05) is 42.8 Å². The van der Waals surface area contributed by atoms with E-state index in [1.54, 1.807) is 12.4 Å². The van der Waals surface area contributed by atoms with Crippen LogP contribution in [0, 0.1) is 6.92 Å². The molecule has 1 aliphatic rings. The van der Waals surface area contributed by atoms with E-state index in [-0.39, 0.29) is 6.10 Å². The first kappa shape index (κ1) is 12.0. The summed E-state index contributed by atoms with van der Waals surface area (Å²) >= 11 is 0. The van der Waals surface area contributed by atoms with Gasteiger partial charge in [-0.1, -0.05) is 0 Å². The molecule has 1 fully saturated rings. The molecule has 1 saturated heterocycles. The van der Waals surface area contributed by atoms with Gasteiger partial charge in [0.15, 0.2) is 5.82 Å². The van der Waals surface area contributed by atoms with Gasteiger partial charge in [-0.05, 0) is 25.5 Å². The molecule has 0 aromatic carbocycles. The van der Waals surface area contributed by atoms with Crippen LogP contribution in [0.5, 0.6) is 0 Å². The standard InChI is InChI=1S/C14H16N4O/c1-10-7-13(18-6-4-12(19)9-18)17-14(16-10)11-3-2-5-15-8-11/h2-3,5,7-8,12,19H,4,6,9H2,1H3/t12-/m1/s1. The Morgan fingerprint density at radius 3 is 2.95 bits per heavy atom. The smallest absolute Gasteiger partial charge is 0.163 e. The van der Waals surface area contributed by atoms with E-state index in [1.165, 1.54) is 0 Å². The molecule has 0 bridgehead atoms. The fourth-order valence-corrected chi connectivity index (χ4v) is 2.29. The van der Waals surface area contributed by atoms with Crippen LogP contribution in [0.1, 0.15) is 12.1 Å². The van der Waals surface area contributed by atoms with E-state index in [2.05, 4.69) is 19.9 Å². The van der Waals surface area contributed by atoms with Gasteiger partial charge in [-0.2, -0.15) is 0 Å². The molecule has 0 saturated carbocycles. The highest BCUT2D eigenvalue weighted by molar-refractivity contribution is 5.57. The number of β-amino-alcohol motifs (C(OH)–C–C–N with tert-alkyl or cyclic N) is 1. The molecule has 5 heteroatoms. The Labute approximate surface area is 112 Å². The molecule has 1 aliphatic heterocycles. The van der Waals surface area contributed by atoms with Gasteiger partial charge in [0.05, 0.1) is 6.10 Å². The van der Waals surface area contributed by atoms with Crippen molar-refractivity contribution in [3.05, 3.63) is 36.3 Å². The summed E-state index contributed by atoms with van der Waals surface area (Å²) in [5.41, 5.74) is 1.83. The van der Waals surface area contributed by atoms with Gasteiger partial charge in [-0.3, -0.25) is 4.98 Å². The largest absolute Gasteiger partial charge is 0.391 e. The Hall–Kier alpha value is -2.01. The lowest BCUT2D eigenvalue weighted by molar-refractivity contribution is 0.198. The zero-order chi connectivity index (χ0) is 13.2. The fourth-order valence-electron chi connectivity index (χ4n) is 2.29. The molecule has 3 heterocycles. The average molecular weight is 256 g/mol. The van der Waals surface area contributed by atoms with Crippen molar-refractivity contribution in [2.45, 2.75) is 19.4 Å². The fraction of sp³-hybridized carbons (Fsp3) is 0.357. The summed E-state index contributed by atoms with van der Waals surface area (Å²) in [5, 5.41) is 9.62. The minimum Gasteiger partial charge on any atom is -0.391 e. The maximum atomic E-state index is 9.62. The maximum absolute atomic E-state index is 9.62. The molecule has 1 N–H and O–H groups in total. The normalized spacial score (nSPS) is 18.8. The topological polar surface area (TPSA) is 62.1 Å². The molecule has 0 spiro atoms. The van der Waals surface area contributed by atoms with E-state index < -0.39 is 0 Å². The lowest BCUT2D eigenvalue weighted by Crippen LogP contribution is -2.22. The lowest BCUT2D eigenvalue weighted by atomic mass is 10.2. The van der Waals surface area contributed by atoms with Gasteiger partial charge in [-0.15, -0.1) is 0 Å². The number of pyridine rings is 1. The number of hydrogen-bond donors (Lipinski definition) is 1. The molecule has 1 atom stereocenters. The lowest BCUT2D eigenvalue weighted by Gasteiger charge is -2.17. The van der Waals surface area contributed by atoms with Crippen molar-refractivity contribution in [2.75, 3.05) is 18.0 Å². The van der Waals surface area contributed by atoms with Crippen LogP contribution in [-0.4, -0.2) is 39.3 Å². The van der Waals surface area contributed by atoms with Gasteiger partial charge in [0.25, 0.3) is 0 Å². The van der Waals surface area contributed by atoms with Crippen LogP contribution in [0.15, 0.2) is 30.6 Å². The van der Waals surface area contributed by atoms with Gasteiger partial charge in [0.1, 0.15) is 5.82 Å². The van der Waals surface area contributed by atoms with E-state index in [1.807, 2.05) is 25.1 Å². The van der Waals surface area contributed by atoms with E-state index in [9.17, 15) is 5.11 Å². The predicted octanol–water partition coefficient (Wildman–Crippen LogP) is 1.42. The quantitative estimate of drug-likeness (QED) is 0.880. The van der Waals surface area contributed by atoms with E-state index in [0.717, 1.165) is 30.0 Å². The molecule has 0 aliphatic carbocycles. The highest BCUT2D eigenvalue weighted by atomic mass is 16.3. The second-order valence-corrected chi connectivity index (χ2v) is 4.82.